The van der Waals surface area contributed by atoms with Crippen molar-refractivity contribution in [1.82, 2.24) is 19.5 Å². The Balaban J connectivity index is 2.02. The van der Waals surface area contributed by atoms with Crippen LogP contribution in [0, 0.1) is 5.92 Å². The highest BCUT2D eigenvalue weighted by atomic mass is 16.2. The summed E-state index contributed by atoms with van der Waals surface area (Å²) in [6.45, 7) is 0.650. The van der Waals surface area contributed by atoms with Crippen LogP contribution in [0.4, 0.5) is 0 Å². The summed E-state index contributed by atoms with van der Waals surface area (Å²) in [5, 5.41) is 0. The van der Waals surface area contributed by atoms with Gasteiger partial charge in [0, 0.05) is 6.54 Å². The summed E-state index contributed by atoms with van der Waals surface area (Å²) in [6.07, 6.45) is 7.50. The van der Waals surface area contributed by atoms with Gasteiger partial charge >= 0.3 is 5.69 Å². The van der Waals surface area contributed by atoms with Gasteiger partial charge in [0.25, 0.3) is 5.56 Å². The third kappa shape index (κ3) is 1.87. The molecular weight excluding hydrogens is 232 g/mol. The normalized spacial score (nSPS) is 17.3. The van der Waals surface area contributed by atoms with E-state index in [0.717, 1.165) is 12.8 Å². The van der Waals surface area contributed by atoms with Crippen molar-refractivity contribution in [2.75, 3.05) is 0 Å². The van der Waals surface area contributed by atoms with Gasteiger partial charge in [-0.2, -0.15) is 0 Å². The fourth-order valence-corrected chi connectivity index (χ4v) is 2.78. The molecule has 0 atom stereocenters. The number of aromatic amines is 2. The lowest BCUT2D eigenvalue weighted by molar-refractivity contribution is 0.317. The average molecular weight is 248 g/mol. The summed E-state index contributed by atoms with van der Waals surface area (Å²) in [5.41, 5.74) is 0.0947. The Morgan fingerprint density at radius 3 is 2.83 bits per heavy atom. The smallest absolute Gasteiger partial charge is 0.330 e. The second-order valence-electron chi connectivity index (χ2n) is 4.98. The Kier molecular flexibility index (Phi) is 2.77. The van der Waals surface area contributed by atoms with E-state index in [1.807, 2.05) is 0 Å². The van der Waals surface area contributed by atoms with Gasteiger partial charge in [0.2, 0.25) is 0 Å². The number of nitrogens with one attached hydrogen (secondary N) is 2. The van der Waals surface area contributed by atoms with E-state index >= 15 is 0 Å². The zero-order valence-electron chi connectivity index (χ0n) is 10.1. The molecule has 96 valence electrons. The second kappa shape index (κ2) is 4.44. The second-order valence-corrected chi connectivity index (χ2v) is 4.98. The van der Waals surface area contributed by atoms with Crippen LogP contribution in [0.15, 0.2) is 15.9 Å². The standard InChI is InChI=1S/C12H16N4O2/c17-11-9-10(14-7-13-9)16(12(18)15-11)6-8-4-2-1-3-5-8/h7-8H,1-6H2,(H,13,14)(H,15,17,18). The number of H-pyrrole nitrogens is 2. The highest BCUT2D eigenvalue weighted by molar-refractivity contribution is 5.68. The topological polar surface area (TPSA) is 83.5 Å². The zero-order valence-corrected chi connectivity index (χ0v) is 10.1. The van der Waals surface area contributed by atoms with Gasteiger partial charge in [-0.05, 0) is 18.8 Å². The largest absolute Gasteiger partial charge is 0.339 e. The minimum atomic E-state index is -0.396. The lowest BCUT2D eigenvalue weighted by Gasteiger charge is -2.22. The van der Waals surface area contributed by atoms with E-state index in [2.05, 4.69) is 15.0 Å². The van der Waals surface area contributed by atoms with Crippen molar-refractivity contribution in [2.45, 2.75) is 38.6 Å². The SMILES string of the molecule is O=c1[nH]c(=O)n(CC2CCCCC2)c2nc[nH]c12. The molecule has 1 fully saturated rings. The summed E-state index contributed by atoms with van der Waals surface area (Å²) in [4.78, 5) is 32.7. The van der Waals surface area contributed by atoms with Gasteiger partial charge < -0.3 is 4.98 Å². The number of nitrogens with zero attached hydrogens (tertiary/aromatic N) is 2. The number of hydrogen-bond donors (Lipinski definition) is 2. The summed E-state index contributed by atoms with van der Waals surface area (Å²) in [6, 6.07) is 0. The minimum absolute atomic E-state index is 0.356. The first-order valence-corrected chi connectivity index (χ1v) is 6.42. The van der Waals surface area contributed by atoms with E-state index in [1.165, 1.54) is 25.6 Å². The minimum Gasteiger partial charge on any atom is -0.339 e. The fraction of sp³-hybridized carbons (Fsp3) is 0.583. The molecule has 1 aliphatic rings. The molecule has 6 nitrogen and oxygen atoms in total. The van der Waals surface area contributed by atoms with Crippen molar-refractivity contribution in [2.24, 2.45) is 5.92 Å². The first-order chi connectivity index (χ1) is 8.75. The average Bonchev–Trinajstić information content (AvgIpc) is 2.85. The monoisotopic (exact) mass is 248 g/mol. The van der Waals surface area contributed by atoms with Crippen LogP contribution in [0.25, 0.3) is 11.2 Å². The molecule has 2 heterocycles. The molecule has 0 saturated heterocycles. The van der Waals surface area contributed by atoms with E-state index in [-0.39, 0.29) is 5.69 Å². The molecule has 2 aromatic rings. The van der Waals surface area contributed by atoms with Gasteiger partial charge in [0.1, 0.15) is 5.52 Å². The number of hydrogen-bond acceptors (Lipinski definition) is 3. The van der Waals surface area contributed by atoms with Crippen molar-refractivity contribution in [1.29, 1.82) is 0 Å². The van der Waals surface area contributed by atoms with Crippen LogP contribution in [0.5, 0.6) is 0 Å². The third-order valence-electron chi connectivity index (χ3n) is 3.73. The van der Waals surface area contributed by atoms with Crippen molar-refractivity contribution >= 4 is 11.2 Å². The summed E-state index contributed by atoms with van der Waals surface area (Å²) >= 11 is 0. The molecule has 0 aliphatic heterocycles. The Labute approximate surface area is 103 Å². The molecule has 0 bridgehead atoms. The van der Waals surface area contributed by atoms with E-state index < -0.39 is 5.56 Å². The van der Waals surface area contributed by atoms with Gasteiger partial charge in [-0.3, -0.25) is 14.3 Å². The lowest BCUT2D eigenvalue weighted by Crippen LogP contribution is -2.32. The molecule has 2 N–H and O–H groups in total. The molecule has 0 unspecified atom stereocenters. The zero-order chi connectivity index (χ0) is 12.5. The molecule has 0 aromatic carbocycles. The molecule has 18 heavy (non-hydrogen) atoms. The predicted molar refractivity (Wildman–Crippen MR) is 67.5 cm³/mol. The maximum atomic E-state index is 11.9. The molecule has 2 aromatic heterocycles. The highest BCUT2D eigenvalue weighted by Gasteiger charge is 2.17. The van der Waals surface area contributed by atoms with Crippen LogP contribution in [0.1, 0.15) is 32.1 Å². The van der Waals surface area contributed by atoms with E-state index in [0.29, 0.717) is 23.6 Å². The third-order valence-corrected chi connectivity index (χ3v) is 3.73. The maximum absolute atomic E-state index is 11.9. The van der Waals surface area contributed by atoms with Crippen LogP contribution < -0.4 is 11.2 Å². The van der Waals surface area contributed by atoms with Crippen LogP contribution in [-0.4, -0.2) is 19.5 Å². The van der Waals surface area contributed by atoms with Crippen LogP contribution >= 0.6 is 0 Å². The number of aromatic nitrogens is 4. The van der Waals surface area contributed by atoms with Crippen molar-refractivity contribution < 1.29 is 0 Å². The molecular formula is C12H16N4O2. The first-order valence-electron chi connectivity index (χ1n) is 6.42. The molecule has 1 aliphatic carbocycles. The number of rotatable bonds is 2. The van der Waals surface area contributed by atoms with E-state index in [9.17, 15) is 9.59 Å². The maximum Gasteiger partial charge on any atom is 0.330 e. The summed E-state index contributed by atoms with van der Waals surface area (Å²) in [7, 11) is 0. The van der Waals surface area contributed by atoms with E-state index in [4.69, 9.17) is 0 Å². The summed E-state index contributed by atoms with van der Waals surface area (Å²) < 4.78 is 1.59. The van der Waals surface area contributed by atoms with E-state index in [1.54, 1.807) is 4.57 Å². The van der Waals surface area contributed by atoms with Crippen LogP contribution in [0.2, 0.25) is 0 Å². The van der Waals surface area contributed by atoms with Gasteiger partial charge in [0.15, 0.2) is 5.65 Å². The van der Waals surface area contributed by atoms with Gasteiger partial charge in [-0.1, -0.05) is 19.3 Å². The number of imidazole rings is 1. The molecule has 0 radical (unpaired) electrons. The molecule has 0 amide bonds. The highest BCUT2D eigenvalue weighted by Crippen LogP contribution is 2.24. The molecule has 6 heteroatoms. The molecule has 0 spiro atoms. The molecule has 3 rings (SSSR count). The Morgan fingerprint density at radius 1 is 1.28 bits per heavy atom. The Hall–Kier alpha value is -1.85. The van der Waals surface area contributed by atoms with Crippen molar-refractivity contribution in [3.63, 3.8) is 0 Å². The van der Waals surface area contributed by atoms with Gasteiger partial charge in [0.05, 0.1) is 6.33 Å². The van der Waals surface area contributed by atoms with Crippen molar-refractivity contribution in [3.8, 4) is 0 Å². The quantitative estimate of drug-likeness (QED) is 0.831. The van der Waals surface area contributed by atoms with Crippen molar-refractivity contribution in [3.05, 3.63) is 27.2 Å². The number of fused-ring (bicyclic) bond motifs is 1. The Bertz CT molecular complexity index is 661. The summed E-state index contributed by atoms with van der Waals surface area (Å²) in [5.74, 6) is 0.516. The first kappa shape index (κ1) is 11.3. The van der Waals surface area contributed by atoms with Crippen LogP contribution in [0.3, 0.4) is 0 Å². The van der Waals surface area contributed by atoms with Gasteiger partial charge in [-0.15, -0.1) is 0 Å². The Morgan fingerprint density at radius 2 is 2.06 bits per heavy atom. The lowest BCUT2D eigenvalue weighted by atomic mass is 9.89. The fourth-order valence-electron chi connectivity index (χ4n) is 2.78. The molecule has 1 saturated carbocycles. The van der Waals surface area contributed by atoms with Crippen LogP contribution in [-0.2, 0) is 6.54 Å². The predicted octanol–water partition coefficient (Wildman–Crippen LogP) is 0.993. The van der Waals surface area contributed by atoms with Gasteiger partial charge in [-0.25, -0.2) is 9.78 Å².